The lowest BCUT2D eigenvalue weighted by molar-refractivity contribution is 1.40. The van der Waals surface area contributed by atoms with E-state index in [9.17, 15) is 0 Å². The first-order valence-electron chi connectivity index (χ1n) is 5.83. The highest BCUT2D eigenvalue weighted by Gasteiger charge is 2.07. The van der Waals surface area contributed by atoms with Crippen molar-refractivity contribution >= 4 is 11.6 Å². The van der Waals surface area contributed by atoms with Gasteiger partial charge in [0.25, 0.3) is 0 Å². The molecule has 0 aliphatic heterocycles. The zero-order valence-corrected chi connectivity index (χ0v) is 10.5. The lowest BCUT2D eigenvalue weighted by atomic mass is 10.0. The van der Waals surface area contributed by atoms with Gasteiger partial charge >= 0.3 is 0 Å². The number of halogens is 1. The Hall–Kier alpha value is -1.99. The molecule has 0 aliphatic carbocycles. The van der Waals surface area contributed by atoms with Crippen LogP contribution in [0, 0.1) is 0 Å². The van der Waals surface area contributed by atoms with Gasteiger partial charge in [0.1, 0.15) is 0 Å². The Labute approximate surface area is 111 Å². The highest BCUT2D eigenvalue weighted by Crippen LogP contribution is 2.31. The van der Waals surface area contributed by atoms with Crippen LogP contribution in [0.1, 0.15) is 0 Å². The van der Waals surface area contributed by atoms with E-state index in [-0.39, 0.29) is 0 Å². The molecule has 1 nitrogen and oxygen atoms in total. The van der Waals surface area contributed by atoms with Crippen molar-refractivity contribution in [3.8, 4) is 22.4 Å². The van der Waals surface area contributed by atoms with Gasteiger partial charge in [0.15, 0.2) is 0 Å². The second kappa shape index (κ2) is 4.71. The van der Waals surface area contributed by atoms with Gasteiger partial charge in [0.2, 0.25) is 0 Å². The fourth-order valence-corrected chi connectivity index (χ4v) is 2.21. The molecular weight excluding hydrogens is 242 g/mol. The molecule has 0 fully saturated rings. The van der Waals surface area contributed by atoms with E-state index >= 15 is 0 Å². The molecule has 18 heavy (non-hydrogen) atoms. The standard InChI is InChI=1S/C16H12ClN/c17-14-8-6-13(7-9-14)16-15(10-11-18-16)12-4-2-1-3-5-12/h1-11,18H. The van der Waals surface area contributed by atoms with E-state index in [2.05, 4.69) is 23.2 Å². The SMILES string of the molecule is Clc1ccc(-c2[nH]ccc2-c2ccccc2)cc1. The summed E-state index contributed by atoms with van der Waals surface area (Å²) in [6.07, 6.45) is 1.96. The smallest absolute Gasteiger partial charge is 0.0533 e. The van der Waals surface area contributed by atoms with E-state index in [1.54, 1.807) is 0 Å². The summed E-state index contributed by atoms with van der Waals surface area (Å²) in [5.41, 5.74) is 4.68. The molecule has 0 atom stereocenters. The van der Waals surface area contributed by atoms with E-state index < -0.39 is 0 Å². The minimum Gasteiger partial charge on any atom is -0.361 e. The van der Waals surface area contributed by atoms with Crippen molar-refractivity contribution in [2.45, 2.75) is 0 Å². The van der Waals surface area contributed by atoms with Crippen molar-refractivity contribution in [2.24, 2.45) is 0 Å². The highest BCUT2D eigenvalue weighted by molar-refractivity contribution is 6.30. The first-order valence-corrected chi connectivity index (χ1v) is 6.21. The van der Waals surface area contributed by atoms with Crippen molar-refractivity contribution in [3.63, 3.8) is 0 Å². The summed E-state index contributed by atoms with van der Waals surface area (Å²) < 4.78 is 0. The van der Waals surface area contributed by atoms with Gasteiger partial charge in [-0.1, -0.05) is 54.1 Å². The number of rotatable bonds is 2. The number of hydrogen-bond donors (Lipinski definition) is 1. The molecular formula is C16H12ClN. The predicted molar refractivity (Wildman–Crippen MR) is 76.7 cm³/mol. The highest BCUT2D eigenvalue weighted by atomic mass is 35.5. The molecule has 1 heterocycles. The minimum absolute atomic E-state index is 0.756. The Balaban J connectivity index is 2.10. The Bertz CT molecular complexity index is 638. The van der Waals surface area contributed by atoms with Crippen LogP contribution in [0.5, 0.6) is 0 Å². The van der Waals surface area contributed by atoms with Gasteiger partial charge in [0.05, 0.1) is 5.69 Å². The summed E-state index contributed by atoms with van der Waals surface area (Å²) in [6, 6.07) is 20.3. The minimum atomic E-state index is 0.756. The lowest BCUT2D eigenvalue weighted by Crippen LogP contribution is -1.81. The molecule has 0 amide bonds. The van der Waals surface area contributed by atoms with Gasteiger partial charge in [-0.25, -0.2) is 0 Å². The Kier molecular flexibility index (Phi) is 2.91. The molecule has 0 saturated heterocycles. The predicted octanol–water partition coefficient (Wildman–Crippen LogP) is 5.00. The van der Waals surface area contributed by atoms with Gasteiger partial charge < -0.3 is 4.98 Å². The van der Waals surface area contributed by atoms with Crippen LogP contribution in [0.3, 0.4) is 0 Å². The van der Waals surface area contributed by atoms with Gasteiger partial charge in [-0.2, -0.15) is 0 Å². The Morgan fingerprint density at radius 2 is 1.44 bits per heavy atom. The van der Waals surface area contributed by atoms with E-state index in [1.807, 2.05) is 48.7 Å². The molecule has 2 heteroatoms. The average molecular weight is 254 g/mol. The van der Waals surface area contributed by atoms with E-state index in [4.69, 9.17) is 11.6 Å². The summed E-state index contributed by atoms with van der Waals surface area (Å²) in [6.45, 7) is 0. The monoisotopic (exact) mass is 253 g/mol. The maximum absolute atomic E-state index is 5.92. The Morgan fingerprint density at radius 3 is 2.17 bits per heavy atom. The summed E-state index contributed by atoms with van der Waals surface area (Å²) in [5, 5.41) is 0.756. The maximum Gasteiger partial charge on any atom is 0.0533 e. The van der Waals surface area contributed by atoms with Crippen molar-refractivity contribution in [2.75, 3.05) is 0 Å². The van der Waals surface area contributed by atoms with Gasteiger partial charge in [-0.3, -0.25) is 0 Å². The molecule has 3 aromatic rings. The Morgan fingerprint density at radius 1 is 0.722 bits per heavy atom. The van der Waals surface area contributed by atoms with Crippen molar-refractivity contribution in [1.82, 2.24) is 4.98 Å². The third-order valence-corrected chi connectivity index (χ3v) is 3.22. The molecule has 1 N–H and O–H groups in total. The first kappa shape index (κ1) is 11.1. The van der Waals surface area contributed by atoms with Crippen LogP contribution in [0.25, 0.3) is 22.4 Å². The molecule has 0 saturated carbocycles. The van der Waals surface area contributed by atoms with E-state index in [0.717, 1.165) is 16.3 Å². The molecule has 88 valence electrons. The summed E-state index contributed by atoms with van der Waals surface area (Å²) in [4.78, 5) is 3.30. The van der Waals surface area contributed by atoms with Crippen LogP contribution >= 0.6 is 11.6 Å². The maximum atomic E-state index is 5.92. The van der Waals surface area contributed by atoms with Crippen LogP contribution in [-0.4, -0.2) is 4.98 Å². The lowest BCUT2D eigenvalue weighted by Gasteiger charge is -2.05. The van der Waals surface area contributed by atoms with Gasteiger partial charge in [-0.05, 0) is 29.3 Å². The molecule has 2 aromatic carbocycles. The fourth-order valence-electron chi connectivity index (χ4n) is 2.08. The van der Waals surface area contributed by atoms with Crippen LogP contribution in [0.4, 0.5) is 0 Å². The molecule has 3 rings (SSSR count). The van der Waals surface area contributed by atoms with E-state index in [1.165, 1.54) is 11.1 Å². The van der Waals surface area contributed by atoms with Gasteiger partial charge in [0, 0.05) is 16.8 Å². The molecule has 0 bridgehead atoms. The molecule has 1 aromatic heterocycles. The number of nitrogens with one attached hydrogen (secondary N) is 1. The number of aromatic amines is 1. The number of H-pyrrole nitrogens is 1. The zero-order chi connectivity index (χ0) is 12.4. The summed E-state index contributed by atoms with van der Waals surface area (Å²) >= 11 is 5.92. The third kappa shape index (κ3) is 2.05. The first-order chi connectivity index (χ1) is 8.84. The molecule has 0 radical (unpaired) electrons. The second-order valence-electron chi connectivity index (χ2n) is 4.14. The molecule has 0 spiro atoms. The number of benzene rings is 2. The number of aromatic nitrogens is 1. The molecule has 0 aliphatic rings. The second-order valence-corrected chi connectivity index (χ2v) is 4.58. The summed E-state index contributed by atoms with van der Waals surface area (Å²) in [5.74, 6) is 0. The van der Waals surface area contributed by atoms with Crippen LogP contribution in [-0.2, 0) is 0 Å². The largest absolute Gasteiger partial charge is 0.361 e. The fraction of sp³-hybridized carbons (Fsp3) is 0. The van der Waals surface area contributed by atoms with Crippen LogP contribution < -0.4 is 0 Å². The van der Waals surface area contributed by atoms with Crippen LogP contribution in [0.2, 0.25) is 5.02 Å². The van der Waals surface area contributed by atoms with E-state index in [0.29, 0.717) is 0 Å². The topological polar surface area (TPSA) is 15.8 Å². The van der Waals surface area contributed by atoms with Crippen LogP contribution in [0.15, 0.2) is 66.9 Å². The van der Waals surface area contributed by atoms with Gasteiger partial charge in [-0.15, -0.1) is 0 Å². The summed E-state index contributed by atoms with van der Waals surface area (Å²) in [7, 11) is 0. The van der Waals surface area contributed by atoms with Crippen molar-refractivity contribution < 1.29 is 0 Å². The van der Waals surface area contributed by atoms with Crippen molar-refractivity contribution in [1.29, 1.82) is 0 Å². The third-order valence-electron chi connectivity index (χ3n) is 2.96. The molecule has 0 unspecified atom stereocenters. The van der Waals surface area contributed by atoms with Crippen molar-refractivity contribution in [3.05, 3.63) is 71.9 Å². The number of hydrogen-bond acceptors (Lipinski definition) is 0. The quantitative estimate of drug-likeness (QED) is 0.661. The zero-order valence-electron chi connectivity index (χ0n) is 9.73. The average Bonchev–Trinajstić information content (AvgIpc) is 2.90. The normalized spacial score (nSPS) is 10.5.